The van der Waals surface area contributed by atoms with Crippen LogP contribution in [0.3, 0.4) is 0 Å². The van der Waals surface area contributed by atoms with E-state index in [0.29, 0.717) is 0 Å². The minimum absolute atomic E-state index is 0.222. The number of aryl methyl sites for hydroxylation is 1. The summed E-state index contributed by atoms with van der Waals surface area (Å²) in [7, 11) is 0. The highest BCUT2D eigenvalue weighted by Crippen LogP contribution is 2.22. The summed E-state index contributed by atoms with van der Waals surface area (Å²) < 4.78 is 0. The Morgan fingerprint density at radius 1 is 1.12 bits per heavy atom. The quantitative estimate of drug-likeness (QED) is 0.347. The maximum absolute atomic E-state index is 4.13. The summed E-state index contributed by atoms with van der Waals surface area (Å²) in [5, 5.41) is 0. The molecular formula is C23H32N2. The number of hydrogen-bond acceptors (Lipinski definition) is 2. The van der Waals surface area contributed by atoms with Gasteiger partial charge in [0.25, 0.3) is 0 Å². The van der Waals surface area contributed by atoms with E-state index >= 15 is 0 Å². The van der Waals surface area contributed by atoms with Gasteiger partial charge in [-0.05, 0) is 55.4 Å². The first kappa shape index (κ1) is 20.8. The maximum atomic E-state index is 4.13. The molecule has 0 aromatic heterocycles. The second-order valence-electron chi connectivity index (χ2n) is 7.16. The highest BCUT2D eigenvalue weighted by atomic mass is 14.7. The van der Waals surface area contributed by atoms with E-state index in [9.17, 15) is 0 Å². The van der Waals surface area contributed by atoms with Gasteiger partial charge in [0, 0.05) is 18.1 Å². The molecule has 0 N–H and O–H groups in total. The Morgan fingerprint density at radius 3 is 2.44 bits per heavy atom. The molecule has 2 nitrogen and oxygen atoms in total. The maximum Gasteiger partial charge on any atom is 0.0359 e. The Balaban J connectivity index is 2.35. The summed E-state index contributed by atoms with van der Waals surface area (Å²) in [5.74, 6) is 0. The molecule has 0 saturated carbocycles. The van der Waals surface area contributed by atoms with Crippen LogP contribution in [-0.4, -0.2) is 12.9 Å². The van der Waals surface area contributed by atoms with E-state index in [1.165, 1.54) is 17.5 Å². The average molecular weight is 337 g/mol. The van der Waals surface area contributed by atoms with Gasteiger partial charge in [-0.15, -0.1) is 0 Å². The number of hydrogen-bond donors (Lipinski definition) is 0. The van der Waals surface area contributed by atoms with Gasteiger partial charge < -0.3 is 0 Å². The fourth-order valence-corrected chi connectivity index (χ4v) is 2.49. The summed E-state index contributed by atoms with van der Waals surface area (Å²) in [6.45, 7) is 14.0. The van der Waals surface area contributed by atoms with Crippen LogP contribution >= 0.6 is 0 Å². The molecule has 1 rings (SSSR count). The third kappa shape index (κ3) is 8.99. The molecule has 2 heteroatoms. The molecule has 0 bridgehead atoms. The van der Waals surface area contributed by atoms with E-state index in [-0.39, 0.29) is 5.41 Å². The topological polar surface area (TPSA) is 24.7 Å². The van der Waals surface area contributed by atoms with Gasteiger partial charge in [-0.1, -0.05) is 69.8 Å². The van der Waals surface area contributed by atoms with Crippen molar-refractivity contribution in [3.8, 4) is 0 Å². The molecule has 0 spiro atoms. The number of nitrogens with zero attached hydrogens (tertiary/aromatic N) is 2. The minimum atomic E-state index is 0.222. The van der Waals surface area contributed by atoms with E-state index < -0.39 is 0 Å². The number of allylic oxidation sites excluding steroid dienone is 4. The van der Waals surface area contributed by atoms with Gasteiger partial charge in [-0.25, -0.2) is 0 Å². The molecule has 0 heterocycles. The van der Waals surface area contributed by atoms with Gasteiger partial charge in [0.1, 0.15) is 0 Å². The number of unbranched alkanes of at least 4 members (excludes halogenated alkanes) is 1. The summed E-state index contributed by atoms with van der Waals surface area (Å²) in [5.41, 5.74) is 4.09. The molecule has 0 unspecified atom stereocenters. The van der Waals surface area contributed by atoms with Crippen LogP contribution < -0.4 is 0 Å². The van der Waals surface area contributed by atoms with Crippen LogP contribution in [0.4, 0.5) is 0 Å². The Kier molecular flexibility index (Phi) is 9.46. The van der Waals surface area contributed by atoms with E-state index in [1.54, 1.807) is 18.5 Å². The molecule has 1 aromatic carbocycles. The van der Waals surface area contributed by atoms with Gasteiger partial charge in [-0.2, -0.15) is 0 Å². The van der Waals surface area contributed by atoms with Crippen molar-refractivity contribution in [3.05, 3.63) is 72.1 Å². The van der Waals surface area contributed by atoms with Crippen molar-refractivity contribution in [1.29, 1.82) is 0 Å². The van der Waals surface area contributed by atoms with Gasteiger partial charge in [0.05, 0.1) is 0 Å². The fraction of sp³-hybridized carbons (Fsp3) is 0.391. The van der Waals surface area contributed by atoms with E-state index in [0.717, 1.165) is 31.4 Å². The zero-order valence-corrected chi connectivity index (χ0v) is 16.0. The standard InChI is InChI=1S/C23H32N2/c1-6-18-25-19-10-9-13-22(24-5)12-8-7-11-20-14-16-21(17-15-20)23(2,3)4/h6,10,13-19H,1,5,7-9,11-12H2,2-4H3/b19-10-,22-13+,25-18?. The SMILES string of the molecule is C=CC=N/C=C\C/C=C(\CCCCc1ccc(C(C)(C)C)cc1)N=C. The smallest absolute Gasteiger partial charge is 0.0359 e. The zero-order valence-electron chi connectivity index (χ0n) is 16.0. The van der Waals surface area contributed by atoms with Crippen LogP contribution in [0.25, 0.3) is 0 Å². The molecule has 0 atom stereocenters. The molecular weight excluding hydrogens is 304 g/mol. The molecule has 25 heavy (non-hydrogen) atoms. The lowest BCUT2D eigenvalue weighted by atomic mass is 9.86. The first-order valence-electron chi connectivity index (χ1n) is 9.01. The molecule has 0 aliphatic rings. The Bertz CT molecular complexity index is 610. The third-order valence-corrected chi connectivity index (χ3v) is 4.04. The summed E-state index contributed by atoms with van der Waals surface area (Å²) in [6.07, 6.45) is 14.4. The first-order chi connectivity index (χ1) is 12.0. The molecule has 0 aliphatic heterocycles. The number of benzene rings is 1. The van der Waals surface area contributed by atoms with Gasteiger partial charge in [0.15, 0.2) is 0 Å². The lowest BCUT2D eigenvalue weighted by Gasteiger charge is -2.19. The lowest BCUT2D eigenvalue weighted by molar-refractivity contribution is 0.590. The predicted octanol–water partition coefficient (Wildman–Crippen LogP) is 6.44. The minimum Gasteiger partial charge on any atom is -0.269 e. The third-order valence-electron chi connectivity index (χ3n) is 4.04. The predicted molar refractivity (Wildman–Crippen MR) is 113 cm³/mol. The largest absolute Gasteiger partial charge is 0.269 e. The zero-order chi connectivity index (χ0) is 18.5. The molecule has 1 aromatic rings. The molecule has 0 radical (unpaired) electrons. The van der Waals surface area contributed by atoms with Crippen molar-refractivity contribution in [3.63, 3.8) is 0 Å². The monoisotopic (exact) mass is 336 g/mol. The molecule has 0 fully saturated rings. The Morgan fingerprint density at radius 2 is 1.84 bits per heavy atom. The van der Waals surface area contributed by atoms with Crippen LogP contribution in [0, 0.1) is 0 Å². The molecule has 134 valence electrons. The van der Waals surface area contributed by atoms with Gasteiger partial charge in [-0.3, -0.25) is 9.98 Å². The summed E-state index contributed by atoms with van der Waals surface area (Å²) in [6, 6.07) is 9.04. The summed E-state index contributed by atoms with van der Waals surface area (Å²) >= 11 is 0. The van der Waals surface area contributed by atoms with Crippen LogP contribution in [-0.2, 0) is 11.8 Å². The van der Waals surface area contributed by atoms with Crippen LogP contribution in [0.1, 0.15) is 57.6 Å². The highest BCUT2D eigenvalue weighted by molar-refractivity contribution is 5.70. The van der Waals surface area contributed by atoms with Crippen molar-refractivity contribution in [2.45, 2.75) is 58.3 Å². The van der Waals surface area contributed by atoms with Crippen LogP contribution in [0.15, 0.2) is 71.0 Å². The second-order valence-corrected chi connectivity index (χ2v) is 7.16. The van der Waals surface area contributed by atoms with Crippen LogP contribution in [0.5, 0.6) is 0 Å². The van der Waals surface area contributed by atoms with Crippen molar-refractivity contribution in [2.24, 2.45) is 9.98 Å². The highest BCUT2D eigenvalue weighted by Gasteiger charge is 2.12. The average Bonchev–Trinajstić information content (AvgIpc) is 2.59. The lowest BCUT2D eigenvalue weighted by Crippen LogP contribution is -2.10. The molecule has 0 aliphatic carbocycles. The second kappa shape index (κ2) is 11.4. The van der Waals surface area contributed by atoms with Crippen molar-refractivity contribution >= 4 is 12.9 Å². The first-order valence-corrected chi connectivity index (χ1v) is 9.01. The Labute approximate surface area is 153 Å². The van der Waals surface area contributed by atoms with Gasteiger partial charge in [0.2, 0.25) is 0 Å². The molecule has 0 amide bonds. The van der Waals surface area contributed by atoms with Gasteiger partial charge >= 0.3 is 0 Å². The summed E-state index contributed by atoms with van der Waals surface area (Å²) in [4.78, 5) is 8.17. The van der Waals surface area contributed by atoms with Crippen molar-refractivity contribution in [1.82, 2.24) is 0 Å². The van der Waals surface area contributed by atoms with E-state index in [2.05, 4.69) is 74.4 Å². The Hall–Kier alpha value is -2.22. The molecule has 0 saturated heterocycles. The number of rotatable bonds is 10. The van der Waals surface area contributed by atoms with E-state index in [1.807, 2.05) is 6.08 Å². The normalized spacial score (nSPS) is 12.8. The fourth-order valence-electron chi connectivity index (χ4n) is 2.49. The van der Waals surface area contributed by atoms with Crippen LogP contribution in [0.2, 0.25) is 0 Å². The van der Waals surface area contributed by atoms with Crippen molar-refractivity contribution < 1.29 is 0 Å². The van der Waals surface area contributed by atoms with Crippen molar-refractivity contribution in [2.75, 3.05) is 0 Å². The number of aliphatic imine (C=N–C) groups is 2. The van der Waals surface area contributed by atoms with E-state index in [4.69, 9.17) is 0 Å².